The van der Waals surface area contributed by atoms with Crippen LogP contribution in [-0.4, -0.2) is 17.3 Å². The standard InChI is InChI=1S/C19H31NS/c1-18(2,3)15(13-20-19(4,5)6)12-16-11-14-9-7-8-10-17(14)21-16/h7-10,15-16,20H,11-13H2,1-6H3. The van der Waals surface area contributed by atoms with Crippen LogP contribution in [0.1, 0.15) is 53.5 Å². The zero-order valence-corrected chi connectivity index (χ0v) is 15.3. The lowest BCUT2D eigenvalue weighted by Gasteiger charge is -2.35. The van der Waals surface area contributed by atoms with Crippen LogP contribution in [0.15, 0.2) is 29.2 Å². The predicted molar refractivity (Wildman–Crippen MR) is 95.1 cm³/mol. The molecule has 0 spiro atoms. The maximum atomic E-state index is 3.71. The summed E-state index contributed by atoms with van der Waals surface area (Å²) in [7, 11) is 0. The summed E-state index contributed by atoms with van der Waals surface area (Å²) < 4.78 is 0. The lowest BCUT2D eigenvalue weighted by Crippen LogP contribution is -2.42. The third-order valence-electron chi connectivity index (χ3n) is 4.36. The summed E-state index contributed by atoms with van der Waals surface area (Å²) >= 11 is 2.09. The molecule has 2 unspecified atom stereocenters. The third kappa shape index (κ3) is 5.03. The normalized spacial score (nSPS) is 20.4. The van der Waals surface area contributed by atoms with Gasteiger partial charge in [-0.3, -0.25) is 0 Å². The minimum Gasteiger partial charge on any atom is -0.312 e. The molecule has 2 heteroatoms. The van der Waals surface area contributed by atoms with E-state index in [2.05, 4.69) is 82.9 Å². The Morgan fingerprint density at radius 2 is 1.81 bits per heavy atom. The van der Waals surface area contributed by atoms with Gasteiger partial charge in [-0.25, -0.2) is 0 Å². The molecule has 0 radical (unpaired) electrons. The van der Waals surface area contributed by atoms with Gasteiger partial charge in [0.05, 0.1) is 0 Å². The van der Waals surface area contributed by atoms with Gasteiger partial charge in [-0.2, -0.15) is 0 Å². The van der Waals surface area contributed by atoms with Crippen LogP contribution in [0.5, 0.6) is 0 Å². The molecule has 0 aliphatic carbocycles. The van der Waals surface area contributed by atoms with Crippen molar-refractivity contribution in [3.8, 4) is 0 Å². The van der Waals surface area contributed by atoms with Crippen molar-refractivity contribution in [2.75, 3.05) is 6.54 Å². The van der Waals surface area contributed by atoms with E-state index in [0.29, 0.717) is 11.3 Å². The van der Waals surface area contributed by atoms with Crippen molar-refractivity contribution in [3.05, 3.63) is 29.8 Å². The van der Waals surface area contributed by atoms with Gasteiger partial charge < -0.3 is 5.32 Å². The van der Waals surface area contributed by atoms with E-state index >= 15 is 0 Å². The fourth-order valence-electron chi connectivity index (χ4n) is 2.88. The van der Waals surface area contributed by atoms with Crippen molar-refractivity contribution >= 4 is 11.8 Å². The Morgan fingerprint density at radius 1 is 1.14 bits per heavy atom. The summed E-state index contributed by atoms with van der Waals surface area (Å²) in [4.78, 5) is 1.50. The Bertz CT molecular complexity index is 442. The van der Waals surface area contributed by atoms with E-state index in [1.165, 1.54) is 17.7 Å². The highest BCUT2D eigenvalue weighted by atomic mass is 32.2. The average Bonchev–Trinajstić information content (AvgIpc) is 2.74. The number of rotatable bonds is 4. The Kier molecular flexibility index (Phi) is 5.10. The molecule has 2 rings (SSSR count). The van der Waals surface area contributed by atoms with Gasteiger partial charge in [-0.15, -0.1) is 11.8 Å². The molecule has 1 aliphatic rings. The van der Waals surface area contributed by atoms with Gasteiger partial charge in [0.1, 0.15) is 0 Å². The summed E-state index contributed by atoms with van der Waals surface area (Å²) in [5, 5.41) is 4.46. The van der Waals surface area contributed by atoms with Crippen LogP contribution in [0.2, 0.25) is 0 Å². The summed E-state index contributed by atoms with van der Waals surface area (Å²) in [5.41, 5.74) is 2.10. The van der Waals surface area contributed by atoms with Crippen LogP contribution in [0, 0.1) is 11.3 Å². The molecular weight excluding hydrogens is 274 g/mol. The summed E-state index contributed by atoms with van der Waals surface area (Å²) in [6.07, 6.45) is 2.54. The Balaban J connectivity index is 1.97. The predicted octanol–water partition coefficient (Wildman–Crippen LogP) is 5.14. The molecule has 1 N–H and O–H groups in total. The lowest BCUT2D eigenvalue weighted by molar-refractivity contribution is 0.202. The summed E-state index contributed by atoms with van der Waals surface area (Å²) in [6.45, 7) is 15.0. The van der Waals surface area contributed by atoms with Crippen LogP contribution >= 0.6 is 11.8 Å². The van der Waals surface area contributed by atoms with E-state index in [0.717, 1.165) is 11.8 Å². The van der Waals surface area contributed by atoms with Crippen LogP contribution in [-0.2, 0) is 6.42 Å². The van der Waals surface area contributed by atoms with E-state index < -0.39 is 0 Å². The first-order valence-electron chi connectivity index (χ1n) is 8.15. The maximum Gasteiger partial charge on any atom is 0.0139 e. The largest absolute Gasteiger partial charge is 0.312 e. The molecule has 2 atom stereocenters. The molecule has 0 bridgehead atoms. The minimum absolute atomic E-state index is 0.204. The highest BCUT2D eigenvalue weighted by Gasteiger charge is 2.31. The van der Waals surface area contributed by atoms with E-state index in [1.807, 2.05) is 0 Å². The number of hydrogen-bond donors (Lipinski definition) is 1. The molecular formula is C19H31NS. The zero-order valence-electron chi connectivity index (χ0n) is 14.5. The maximum absolute atomic E-state index is 3.71. The van der Waals surface area contributed by atoms with E-state index in [1.54, 1.807) is 5.56 Å². The first-order chi connectivity index (χ1) is 9.65. The molecule has 0 aromatic heterocycles. The van der Waals surface area contributed by atoms with Gasteiger partial charge in [0, 0.05) is 15.7 Å². The number of benzene rings is 1. The van der Waals surface area contributed by atoms with Crippen molar-refractivity contribution in [3.63, 3.8) is 0 Å². The molecule has 0 fully saturated rings. The molecule has 0 saturated heterocycles. The van der Waals surface area contributed by atoms with Gasteiger partial charge in [-0.1, -0.05) is 39.0 Å². The van der Waals surface area contributed by atoms with Crippen molar-refractivity contribution in [1.82, 2.24) is 5.32 Å². The molecule has 0 amide bonds. The van der Waals surface area contributed by atoms with Gasteiger partial charge in [0.25, 0.3) is 0 Å². The average molecular weight is 306 g/mol. The SMILES string of the molecule is CC(C)(C)NCC(CC1Cc2ccccc2S1)C(C)(C)C. The van der Waals surface area contributed by atoms with Crippen molar-refractivity contribution in [1.29, 1.82) is 0 Å². The second-order valence-electron chi connectivity index (χ2n) is 8.48. The van der Waals surface area contributed by atoms with Crippen LogP contribution < -0.4 is 5.32 Å². The third-order valence-corrected chi connectivity index (χ3v) is 5.71. The molecule has 0 saturated carbocycles. The van der Waals surface area contributed by atoms with Gasteiger partial charge in [0.15, 0.2) is 0 Å². The van der Waals surface area contributed by atoms with Gasteiger partial charge in [0.2, 0.25) is 0 Å². The summed E-state index contributed by atoms with van der Waals surface area (Å²) in [6, 6.07) is 8.90. The van der Waals surface area contributed by atoms with Crippen molar-refractivity contribution in [2.45, 2.75) is 70.1 Å². The number of thioether (sulfide) groups is 1. The highest BCUT2D eigenvalue weighted by Crippen LogP contribution is 2.42. The van der Waals surface area contributed by atoms with Crippen molar-refractivity contribution in [2.24, 2.45) is 11.3 Å². The van der Waals surface area contributed by atoms with E-state index in [9.17, 15) is 0 Å². The lowest BCUT2D eigenvalue weighted by atomic mass is 9.77. The van der Waals surface area contributed by atoms with E-state index in [-0.39, 0.29) is 5.54 Å². The molecule has 118 valence electrons. The molecule has 21 heavy (non-hydrogen) atoms. The Hall–Kier alpha value is -0.470. The smallest absolute Gasteiger partial charge is 0.0139 e. The molecule has 1 nitrogen and oxygen atoms in total. The topological polar surface area (TPSA) is 12.0 Å². The van der Waals surface area contributed by atoms with Crippen LogP contribution in [0.4, 0.5) is 0 Å². The first-order valence-corrected chi connectivity index (χ1v) is 9.03. The van der Waals surface area contributed by atoms with E-state index in [4.69, 9.17) is 0 Å². The molecule has 1 aliphatic heterocycles. The van der Waals surface area contributed by atoms with Crippen molar-refractivity contribution < 1.29 is 0 Å². The first kappa shape index (κ1) is 16.9. The second-order valence-corrected chi connectivity index (χ2v) is 9.82. The van der Waals surface area contributed by atoms with Gasteiger partial charge >= 0.3 is 0 Å². The highest BCUT2D eigenvalue weighted by molar-refractivity contribution is 8.00. The minimum atomic E-state index is 0.204. The van der Waals surface area contributed by atoms with Crippen LogP contribution in [0.3, 0.4) is 0 Å². The number of fused-ring (bicyclic) bond motifs is 1. The molecule has 1 heterocycles. The number of hydrogen-bond acceptors (Lipinski definition) is 2. The molecule has 1 aromatic rings. The fourth-order valence-corrected chi connectivity index (χ4v) is 4.29. The Morgan fingerprint density at radius 3 is 2.38 bits per heavy atom. The molecule has 1 aromatic carbocycles. The second kappa shape index (κ2) is 6.34. The van der Waals surface area contributed by atoms with Gasteiger partial charge in [-0.05, 0) is 63.1 Å². The van der Waals surface area contributed by atoms with Crippen LogP contribution in [0.25, 0.3) is 0 Å². The monoisotopic (exact) mass is 305 g/mol. The Labute approximate surface area is 135 Å². The number of nitrogens with one attached hydrogen (secondary N) is 1. The summed E-state index contributed by atoms with van der Waals surface area (Å²) in [5.74, 6) is 0.712. The fraction of sp³-hybridized carbons (Fsp3) is 0.684. The zero-order chi connectivity index (χ0) is 15.7. The quantitative estimate of drug-likeness (QED) is 0.826.